The van der Waals surface area contributed by atoms with Gasteiger partial charge in [-0.3, -0.25) is 0 Å². The smallest absolute Gasteiger partial charge is 0.133 e. The van der Waals surface area contributed by atoms with Crippen LogP contribution in [0.3, 0.4) is 0 Å². The lowest BCUT2D eigenvalue weighted by molar-refractivity contribution is 0.316. The van der Waals surface area contributed by atoms with Crippen LogP contribution in [0.25, 0.3) is 0 Å². The second kappa shape index (κ2) is 6.28. The van der Waals surface area contributed by atoms with E-state index in [0.717, 1.165) is 12.0 Å². The molecule has 0 atom stereocenters. The predicted molar refractivity (Wildman–Crippen MR) is 77.9 cm³/mol. The van der Waals surface area contributed by atoms with E-state index >= 15 is 0 Å². The predicted octanol–water partition coefficient (Wildman–Crippen LogP) is 4.30. The van der Waals surface area contributed by atoms with Crippen LogP contribution >= 0.6 is 0 Å². The molecule has 2 rings (SSSR count). The molecule has 4 heteroatoms. The second-order valence-electron chi connectivity index (χ2n) is 4.60. The molecular weight excluding hydrogens is 257 g/mol. The SMILES string of the molecule is CCCOc1cc(N)cc(Oc2cc(F)ccc2C)c1. The van der Waals surface area contributed by atoms with E-state index in [1.54, 1.807) is 24.3 Å². The Morgan fingerprint density at radius 2 is 1.85 bits per heavy atom. The van der Waals surface area contributed by atoms with E-state index in [-0.39, 0.29) is 5.82 Å². The second-order valence-corrected chi connectivity index (χ2v) is 4.60. The molecule has 0 spiro atoms. The molecule has 0 heterocycles. The van der Waals surface area contributed by atoms with Gasteiger partial charge in [0, 0.05) is 30.0 Å². The zero-order valence-electron chi connectivity index (χ0n) is 11.7. The molecule has 0 amide bonds. The summed E-state index contributed by atoms with van der Waals surface area (Å²) >= 11 is 0. The Balaban J connectivity index is 2.24. The first-order chi connectivity index (χ1) is 9.58. The quantitative estimate of drug-likeness (QED) is 0.827. The van der Waals surface area contributed by atoms with Gasteiger partial charge >= 0.3 is 0 Å². The van der Waals surface area contributed by atoms with Crippen molar-refractivity contribution in [3.8, 4) is 17.2 Å². The number of hydrogen-bond acceptors (Lipinski definition) is 3. The largest absolute Gasteiger partial charge is 0.493 e. The highest BCUT2D eigenvalue weighted by Gasteiger charge is 2.06. The molecular formula is C16H18FNO2. The van der Waals surface area contributed by atoms with E-state index in [9.17, 15) is 4.39 Å². The Hall–Kier alpha value is -2.23. The van der Waals surface area contributed by atoms with E-state index < -0.39 is 0 Å². The summed E-state index contributed by atoms with van der Waals surface area (Å²) in [5.41, 5.74) is 7.21. The number of aryl methyl sites for hydroxylation is 1. The maximum absolute atomic E-state index is 13.2. The Morgan fingerprint density at radius 3 is 2.60 bits per heavy atom. The first kappa shape index (κ1) is 14.2. The van der Waals surface area contributed by atoms with Crippen molar-refractivity contribution < 1.29 is 13.9 Å². The van der Waals surface area contributed by atoms with Crippen molar-refractivity contribution in [3.05, 3.63) is 47.8 Å². The van der Waals surface area contributed by atoms with Gasteiger partial charge in [0.25, 0.3) is 0 Å². The van der Waals surface area contributed by atoms with Gasteiger partial charge in [0.1, 0.15) is 23.1 Å². The number of rotatable bonds is 5. The van der Waals surface area contributed by atoms with Crippen molar-refractivity contribution in [2.75, 3.05) is 12.3 Å². The maximum Gasteiger partial charge on any atom is 0.133 e. The van der Waals surface area contributed by atoms with Gasteiger partial charge in [-0.25, -0.2) is 4.39 Å². The van der Waals surface area contributed by atoms with Crippen LogP contribution < -0.4 is 15.2 Å². The van der Waals surface area contributed by atoms with Gasteiger partial charge in [-0.15, -0.1) is 0 Å². The maximum atomic E-state index is 13.2. The number of benzene rings is 2. The summed E-state index contributed by atoms with van der Waals surface area (Å²) in [5, 5.41) is 0. The fourth-order valence-electron chi connectivity index (χ4n) is 1.77. The van der Waals surface area contributed by atoms with Crippen molar-refractivity contribution in [2.45, 2.75) is 20.3 Å². The zero-order chi connectivity index (χ0) is 14.5. The Morgan fingerprint density at radius 1 is 1.10 bits per heavy atom. The fraction of sp³-hybridized carbons (Fsp3) is 0.250. The highest BCUT2D eigenvalue weighted by molar-refractivity contribution is 5.51. The van der Waals surface area contributed by atoms with Gasteiger partial charge in [0.05, 0.1) is 6.61 Å². The van der Waals surface area contributed by atoms with E-state index in [2.05, 4.69) is 0 Å². The lowest BCUT2D eigenvalue weighted by Gasteiger charge is -2.12. The van der Waals surface area contributed by atoms with Gasteiger partial charge in [-0.2, -0.15) is 0 Å². The van der Waals surface area contributed by atoms with E-state index in [4.69, 9.17) is 15.2 Å². The summed E-state index contributed by atoms with van der Waals surface area (Å²) in [7, 11) is 0. The highest BCUT2D eigenvalue weighted by Crippen LogP contribution is 2.30. The topological polar surface area (TPSA) is 44.5 Å². The third-order valence-electron chi connectivity index (χ3n) is 2.75. The normalized spacial score (nSPS) is 10.3. The van der Waals surface area contributed by atoms with Crippen LogP contribution in [0.2, 0.25) is 0 Å². The summed E-state index contributed by atoms with van der Waals surface area (Å²) in [6.07, 6.45) is 0.911. The summed E-state index contributed by atoms with van der Waals surface area (Å²) in [6, 6.07) is 9.59. The fourth-order valence-corrected chi connectivity index (χ4v) is 1.77. The van der Waals surface area contributed by atoms with Crippen LogP contribution in [0.4, 0.5) is 10.1 Å². The number of nitrogens with two attached hydrogens (primary N) is 1. The van der Waals surface area contributed by atoms with E-state index in [1.165, 1.54) is 12.1 Å². The first-order valence-corrected chi connectivity index (χ1v) is 6.56. The average Bonchev–Trinajstić information content (AvgIpc) is 2.40. The molecule has 2 aromatic rings. The van der Waals surface area contributed by atoms with E-state index in [0.29, 0.717) is 29.5 Å². The van der Waals surface area contributed by atoms with Crippen LogP contribution in [-0.4, -0.2) is 6.61 Å². The van der Waals surface area contributed by atoms with Gasteiger partial charge in [0.15, 0.2) is 0 Å². The van der Waals surface area contributed by atoms with Gasteiger partial charge in [0.2, 0.25) is 0 Å². The average molecular weight is 275 g/mol. The van der Waals surface area contributed by atoms with Crippen molar-refractivity contribution in [3.63, 3.8) is 0 Å². The molecule has 0 radical (unpaired) electrons. The van der Waals surface area contributed by atoms with Crippen molar-refractivity contribution in [1.82, 2.24) is 0 Å². The van der Waals surface area contributed by atoms with E-state index in [1.807, 2.05) is 13.8 Å². The zero-order valence-corrected chi connectivity index (χ0v) is 11.7. The van der Waals surface area contributed by atoms with Crippen molar-refractivity contribution in [1.29, 1.82) is 0 Å². The summed E-state index contributed by atoms with van der Waals surface area (Å²) in [4.78, 5) is 0. The minimum absolute atomic E-state index is 0.336. The minimum Gasteiger partial charge on any atom is -0.493 e. The molecule has 0 bridgehead atoms. The first-order valence-electron chi connectivity index (χ1n) is 6.56. The molecule has 2 aromatic carbocycles. The molecule has 0 aliphatic heterocycles. The summed E-state index contributed by atoms with van der Waals surface area (Å²) < 4.78 is 24.5. The molecule has 2 N–H and O–H groups in total. The number of ether oxygens (including phenoxy) is 2. The molecule has 0 aliphatic carbocycles. The lowest BCUT2D eigenvalue weighted by atomic mass is 10.2. The van der Waals surface area contributed by atoms with Crippen LogP contribution in [-0.2, 0) is 0 Å². The number of halogens is 1. The molecule has 0 aromatic heterocycles. The molecule has 0 unspecified atom stereocenters. The Bertz CT molecular complexity index is 599. The number of anilines is 1. The van der Waals surface area contributed by atoms with Crippen LogP contribution in [0.1, 0.15) is 18.9 Å². The molecule has 0 saturated carbocycles. The molecule has 0 fully saturated rings. The monoisotopic (exact) mass is 275 g/mol. The van der Waals surface area contributed by atoms with Crippen LogP contribution in [0.15, 0.2) is 36.4 Å². The van der Waals surface area contributed by atoms with Gasteiger partial charge in [-0.05, 0) is 25.0 Å². The Labute approximate surface area is 118 Å². The molecule has 0 saturated heterocycles. The standard InChI is InChI=1S/C16H18FNO2/c1-3-6-19-14-8-13(18)9-15(10-14)20-16-7-12(17)5-4-11(16)2/h4-5,7-10H,3,6,18H2,1-2H3. The van der Waals surface area contributed by atoms with Crippen molar-refractivity contribution >= 4 is 5.69 Å². The van der Waals surface area contributed by atoms with Crippen LogP contribution in [0.5, 0.6) is 17.2 Å². The van der Waals surface area contributed by atoms with Crippen LogP contribution in [0, 0.1) is 12.7 Å². The molecule has 106 valence electrons. The number of nitrogen functional groups attached to an aromatic ring is 1. The van der Waals surface area contributed by atoms with Gasteiger partial charge < -0.3 is 15.2 Å². The molecule has 3 nitrogen and oxygen atoms in total. The summed E-state index contributed by atoms with van der Waals surface area (Å²) in [6.45, 7) is 4.50. The number of hydrogen-bond donors (Lipinski definition) is 1. The summed E-state index contributed by atoms with van der Waals surface area (Å²) in [5.74, 6) is 1.31. The lowest BCUT2D eigenvalue weighted by Crippen LogP contribution is -1.97. The minimum atomic E-state index is -0.336. The van der Waals surface area contributed by atoms with Crippen molar-refractivity contribution in [2.24, 2.45) is 0 Å². The molecule has 20 heavy (non-hydrogen) atoms. The Kier molecular flexibility index (Phi) is 4.45. The van der Waals surface area contributed by atoms with Gasteiger partial charge in [-0.1, -0.05) is 13.0 Å². The highest BCUT2D eigenvalue weighted by atomic mass is 19.1. The third-order valence-corrected chi connectivity index (χ3v) is 2.75. The third kappa shape index (κ3) is 3.63. The molecule has 0 aliphatic rings.